The molecule has 0 aromatic heterocycles. The lowest BCUT2D eigenvalue weighted by Crippen LogP contribution is -1.99. The number of hydrogen-bond donors (Lipinski definition) is 1. The van der Waals surface area contributed by atoms with E-state index in [9.17, 15) is 0 Å². The van der Waals surface area contributed by atoms with E-state index in [4.69, 9.17) is 19.9 Å². The Morgan fingerprint density at radius 3 is 2.15 bits per heavy atom. The molecule has 2 aromatic carbocycles. The number of para-hydroxylation sites is 1. The summed E-state index contributed by atoms with van der Waals surface area (Å²) in [6, 6.07) is 11.4. The van der Waals surface area contributed by atoms with Crippen LogP contribution in [-0.2, 0) is 6.54 Å². The molecular weight excluding hydrogens is 254 g/mol. The Bertz CT molecular complexity index is 574. The summed E-state index contributed by atoms with van der Waals surface area (Å²) in [6.07, 6.45) is 0. The van der Waals surface area contributed by atoms with Gasteiger partial charge in [-0.25, -0.2) is 0 Å². The van der Waals surface area contributed by atoms with E-state index >= 15 is 0 Å². The molecule has 2 N–H and O–H groups in total. The molecule has 0 saturated heterocycles. The molecule has 0 saturated carbocycles. The number of hydrogen-bond acceptors (Lipinski definition) is 4. The molecule has 106 valence electrons. The van der Waals surface area contributed by atoms with Gasteiger partial charge in [-0.05, 0) is 36.2 Å². The van der Waals surface area contributed by atoms with E-state index in [2.05, 4.69) is 0 Å². The molecule has 0 fully saturated rings. The Morgan fingerprint density at radius 1 is 0.950 bits per heavy atom. The predicted molar refractivity (Wildman–Crippen MR) is 78.7 cm³/mol. The summed E-state index contributed by atoms with van der Waals surface area (Å²) < 4.78 is 16.6. The van der Waals surface area contributed by atoms with Crippen molar-refractivity contribution in [2.24, 2.45) is 5.73 Å². The minimum atomic E-state index is 0.472. The second kappa shape index (κ2) is 6.30. The van der Waals surface area contributed by atoms with Gasteiger partial charge in [0, 0.05) is 6.54 Å². The molecule has 0 spiro atoms. The standard InChI is InChI=1S/C16H19NO3/c1-11-7-8-12(10-17)9-15(11)20-16-13(18-2)5-4-6-14(16)19-3/h4-9H,10,17H2,1-3H3. The number of rotatable bonds is 5. The maximum absolute atomic E-state index is 5.99. The van der Waals surface area contributed by atoms with Crippen molar-refractivity contribution >= 4 is 0 Å². The largest absolute Gasteiger partial charge is 0.493 e. The van der Waals surface area contributed by atoms with Gasteiger partial charge in [0.05, 0.1) is 14.2 Å². The van der Waals surface area contributed by atoms with Crippen LogP contribution < -0.4 is 19.9 Å². The van der Waals surface area contributed by atoms with E-state index in [1.165, 1.54) is 0 Å². The van der Waals surface area contributed by atoms with Gasteiger partial charge in [-0.3, -0.25) is 0 Å². The fraction of sp³-hybridized carbons (Fsp3) is 0.250. The average molecular weight is 273 g/mol. The molecule has 0 aliphatic heterocycles. The van der Waals surface area contributed by atoms with Crippen molar-refractivity contribution in [3.8, 4) is 23.0 Å². The van der Waals surface area contributed by atoms with Gasteiger partial charge in [-0.1, -0.05) is 18.2 Å². The second-order valence-corrected chi connectivity index (χ2v) is 4.40. The number of benzene rings is 2. The molecule has 0 radical (unpaired) electrons. The summed E-state index contributed by atoms with van der Waals surface area (Å²) >= 11 is 0. The summed E-state index contributed by atoms with van der Waals surface area (Å²) in [6.45, 7) is 2.46. The highest BCUT2D eigenvalue weighted by atomic mass is 16.5. The van der Waals surface area contributed by atoms with Gasteiger partial charge in [-0.2, -0.15) is 0 Å². The third kappa shape index (κ3) is 2.86. The molecule has 4 heteroatoms. The second-order valence-electron chi connectivity index (χ2n) is 4.40. The molecule has 2 rings (SSSR count). The molecule has 2 aromatic rings. The van der Waals surface area contributed by atoms with Crippen molar-refractivity contribution in [3.05, 3.63) is 47.5 Å². The monoisotopic (exact) mass is 273 g/mol. The quantitative estimate of drug-likeness (QED) is 0.908. The zero-order valence-electron chi connectivity index (χ0n) is 12.0. The van der Waals surface area contributed by atoms with Crippen LogP contribution >= 0.6 is 0 Å². The van der Waals surface area contributed by atoms with Crippen molar-refractivity contribution in [3.63, 3.8) is 0 Å². The highest BCUT2D eigenvalue weighted by molar-refractivity contribution is 5.54. The fourth-order valence-corrected chi connectivity index (χ4v) is 1.91. The Labute approximate surface area is 119 Å². The van der Waals surface area contributed by atoms with Crippen molar-refractivity contribution < 1.29 is 14.2 Å². The Morgan fingerprint density at radius 2 is 1.60 bits per heavy atom. The number of aryl methyl sites for hydroxylation is 1. The van der Waals surface area contributed by atoms with E-state index < -0.39 is 0 Å². The Hall–Kier alpha value is -2.20. The minimum absolute atomic E-state index is 0.472. The van der Waals surface area contributed by atoms with Crippen LogP contribution in [0, 0.1) is 6.92 Å². The molecular formula is C16H19NO3. The SMILES string of the molecule is COc1cccc(OC)c1Oc1cc(CN)ccc1C. The van der Waals surface area contributed by atoms with Crippen LogP contribution in [0.2, 0.25) is 0 Å². The molecule has 0 amide bonds. The summed E-state index contributed by atoms with van der Waals surface area (Å²) in [7, 11) is 3.20. The first kappa shape index (κ1) is 14.2. The summed E-state index contributed by atoms with van der Waals surface area (Å²) in [5.74, 6) is 2.56. The van der Waals surface area contributed by atoms with Crippen molar-refractivity contribution in [1.82, 2.24) is 0 Å². The summed E-state index contributed by atoms with van der Waals surface area (Å²) in [5, 5.41) is 0. The molecule has 0 heterocycles. The zero-order valence-corrected chi connectivity index (χ0v) is 12.0. The van der Waals surface area contributed by atoms with Crippen LogP contribution in [0.4, 0.5) is 0 Å². The van der Waals surface area contributed by atoms with Gasteiger partial charge in [0.15, 0.2) is 11.5 Å². The summed E-state index contributed by atoms with van der Waals surface area (Å²) in [4.78, 5) is 0. The maximum atomic E-state index is 5.99. The van der Waals surface area contributed by atoms with Gasteiger partial charge in [0.2, 0.25) is 5.75 Å². The van der Waals surface area contributed by atoms with Crippen molar-refractivity contribution in [2.75, 3.05) is 14.2 Å². The van der Waals surface area contributed by atoms with Crippen molar-refractivity contribution in [2.45, 2.75) is 13.5 Å². The van der Waals surface area contributed by atoms with Gasteiger partial charge in [0.25, 0.3) is 0 Å². The van der Waals surface area contributed by atoms with Crippen LogP contribution in [0.5, 0.6) is 23.0 Å². The maximum Gasteiger partial charge on any atom is 0.211 e. The van der Waals surface area contributed by atoms with Crippen LogP contribution in [-0.4, -0.2) is 14.2 Å². The predicted octanol–water partition coefficient (Wildman–Crippen LogP) is 3.26. The lowest BCUT2D eigenvalue weighted by molar-refractivity contribution is 0.345. The fourth-order valence-electron chi connectivity index (χ4n) is 1.91. The highest BCUT2D eigenvalue weighted by Gasteiger charge is 2.13. The number of ether oxygens (including phenoxy) is 3. The summed E-state index contributed by atoms with van der Waals surface area (Å²) in [5.41, 5.74) is 7.71. The van der Waals surface area contributed by atoms with E-state index in [0.717, 1.165) is 16.9 Å². The topological polar surface area (TPSA) is 53.7 Å². The lowest BCUT2D eigenvalue weighted by Gasteiger charge is -2.15. The third-order valence-electron chi connectivity index (χ3n) is 3.08. The van der Waals surface area contributed by atoms with E-state index in [0.29, 0.717) is 23.8 Å². The lowest BCUT2D eigenvalue weighted by atomic mass is 10.1. The highest BCUT2D eigenvalue weighted by Crippen LogP contribution is 2.40. The van der Waals surface area contributed by atoms with Crippen LogP contribution in [0.15, 0.2) is 36.4 Å². The Kier molecular flexibility index (Phi) is 4.48. The molecule has 4 nitrogen and oxygen atoms in total. The number of methoxy groups -OCH3 is 2. The molecule has 0 unspecified atom stereocenters. The van der Waals surface area contributed by atoms with Gasteiger partial charge in [0.1, 0.15) is 5.75 Å². The average Bonchev–Trinajstić information content (AvgIpc) is 2.49. The van der Waals surface area contributed by atoms with Gasteiger partial charge >= 0.3 is 0 Å². The molecule has 0 bridgehead atoms. The molecule has 0 atom stereocenters. The van der Waals surface area contributed by atoms with Crippen LogP contribution in [0.3, 0.4) is 0 Å². The third-order valence-corrected chi connectivity index (χ3v) is 3.08. The van der Waals surface area contributed by atoms with E-state index in [-0.39, 0.29) is 0 Å². The van der Waals surface area contributed by atoms with Crippen LogP contribution in [0.25, 0.3) is 0 Å². The van der Waals surface area contributed by atoms with Gasteiger partial charge in [-0.15, -0.1) is 0 Å². The number of nitrogens with two attached hydrogens (primary N) is 1. The van der Waals surface area contributed by atoms with Crippen molar-refractivity contribution in [1.29, 1.82) is 0 Å². The van der Waals surface area contributed by atoms with Gasteiger partial charge < -0.3 is 19.9 Å². The molecule has 0 aliphatic carbocycles. The minimum Gasteiger partial charge on any atom is -0.493 e. The first-order chi connectivity index (χ1) is 9.69. The first-order valence-corrected chi connectivity index (χ1v) is 6.38. The van der Waals surface area contributed by atoms with E-state index in [1.807, 2.05) is 43.3 Å². The normalized spacial score (nSPS) is 10.2. The van der Waals surface area contributed by atoms with E-state index in [1.54, 1.807) is 14.2 Å². The zero-order chi connectivity index (χ0) is 14.5. The molecule has 20 heavy (non-hydrogen) atoms. The smallest absolute Gasteiger partial charge is 0.211 e. The van der Waals surface area contributed by atoms with Crippen LogP contribution in [0.1, 0.15) is 11.1 Å². The Balaban J connectivity index is 2.43. The molecule has 0 aliphatic rings. The first-order valence-electron chi connectivity index (χ1n) is 6.38.